The lowest BCUT2D eigenvalue weighted by Crippen LogP contribution is -2.29. The molecule has 0 fully saturated rings. The summed E-state index contributed by atoms with van der Waals surface area (Å²) < 4.78 is 0. The standard InChI is InChI=1S/C15H14N4O2/c1-16-15(20)14(19-21-2)13-6-4-3-5-12(13)8-7-11-9-17-18-10-11/h3-6,9-10H,1-2H3,(H,16,20)(H,17,18)/b19-14+. The molecule has 21 heavy (non-hydrogen) atoms. The molecule has 0 aliphatic rings. The van der Waals surface area contributed by atoms with Crippen molar-refractivity contribution in [1.82, 2.24) is 15.5 Å². The highest BCUT2D eigenvalue weighted by molar-refractivity contribution is 6.45. The van der Waals surface area contributed by atoms with E-state index in [0.717, 1.165) is 5.56 Å². The SMILES string of the molecule is CNC(=O)/C(=N/OC)c1ccccc1C#Cc1cn[nH]c1. The molecule has 2 N–H and O–H groups in total. The number of nitrogens with zero attached hydrogens (tertiary/aromatic N) is 2. The summed E-state index contributed by atoms with van der Waals surface area (Å²) in [6.45, 7) is 0. The van der Waals surface area contributed by atoms with Crippen LogP contribution in [-0.2, 0) is 9.63 Å². The van der Waals surface area contributed by atoms with E-state index in [1.54, 1.807) is 18.5 Å². The number of hydrogen-bond acceptors (Lipinski definition) is 4. The van der Waals surface area contributed by atoms with Crippen LogP contribution in [0.3, 0.4) is 0 Å². The summed E-state index contributed by atoms with van der Waals surface area (Å²) in [4.78, 5) is 16.7. The Morgan fingerprint density at radius 2 is 2.19 bits per heavy atom. The Balaban J connectivity index is 2.45. The van der Waals surface area contributed by atoms with Crippen LogP contribution in [0.15, 0.2) is 41.8 Å². The van der Waals surface area contributed by atoms with Crippen LogP contribution < -0.4 is 5.32 Å². The average molecular weight is 282 g/mol. The Labute approximate surface area is 122 Å². The molecule has 0 bridgehead atoms. The number of likely N-dealkylation sites (N-methyl/N-ethyl adjacent to an activating group) is 1. The van der Waals surface area contributed by atoms with Gasteiger partial charge in [0.05, 0.1) is 11.8 Å². The van der Waals surface area contributed by atoms with E-state index in [2.05, 4.69) is 32.5 Å². The predicted molar refractivity (Wildman–Crippen MR) is 78.6 cm³/mol. The Morgan fingerprint density at radius 3 is 2.86 bits per heavy atom. The van der Waals surface area contributed by atoms with E-state index in [-0.39, 0.29) is 11.6 Å². The summed E-state index contributed by atoms with van der Waals surface area (Å²) in [6, 6.07) is 7.24. The number of nitrogens with one attached hydrogen (secondary N) is 2. The van der Waals surface area contributed by atoms with Gasteiger partial charge < -0.3 is 10.2 Å². The topological polar surface area (TPSA) is 79.4 Å². The van der Waals surface area contributed by atoms with Gasteiger partial charge in [-0.15, -0.1) is 0 Å². The quantitative estimate of drug-likeness (QED) is 0.499. The van der Waals surface area contributed by atoms with Crippen LogP contribution in [-0.4, -0.2) is 36.0 Å². The second-order valence-electron chi connectivity index (χ2n) is 3.98. The zero-order valence-corrected chi connectivity index (χ0v) is 11.7. The van der Waals surface area contributed by atoms with Crippen molar-refractivity contribution in [3.05, 3.63) is 53.3 Å². The van der Waals surface area contributed by atoms with Gasteiger partial charge in [0.25, 0.3) is 5.91 Å². The van der Waals surface area contributed by atoms with Gasteiger partial charge in [-0.05, 0) is 6.07 Å². The van der Waals surface area contributed by atoms with Crippen LogP contribution in [0.1, 0.15) is 16.7 Å². The summed E-state index contributed by atoms with van der Waals surface area (Å²) >= 11 is 0. The third-order valence-electron chi connectivity index (χ3n) is 2.65. The fourth-order valence-corrected chi connectivity index (χ4v) is 1.68. The summed E-state index contributed by atoms with van der Waals surface area (Å²) in [7, 11) is 2.93. The molecule has 0 atom stereocenters. The van der Waals surface area contributed by atoms with Crippen LogP contribution in [0.5, 0.6) is 0 Å². The first kappa shape index (κ1) is 14.3. The minimum atomic E-state index is -0.339. The normalized spacial score (nSPS) is 10.5. The van der Waals surface area contributed by atoms with Crippen LogP contribution in [0.25, 0.3) is 0 Å². The Kier molecular flexibility index (Phi) is 4.72. The van der Waals surface area contributed by atoms with Crippen molar-refractivity contribution in [1.29, 1.82) is 0 Å². The molecular weight excluding hydrogens is 268 g/mol. The number of aromatic amines is 1. The first-order chi connectivity index (χ1) is 10.3. The van der Waals surface area contributed by atoms with E-state index < -0.39 is 0 Å². The largest absolute Gasteiger partial charge is 0.398 e. The summed E-state index contributed by atoms with van der Waals surface area (Å²) in [5.41, 5.74) is 2.22. The van der Waals surface area contributed by atoms with Crippen LogP contribution in [0.2, 0.25) is 0 Å². The fourth-order valence-electron chi connectivity index (χ4n) is 1.68. The molecular formula is C15H14N4O2. The monoisotopic (exact) mass is 282 g/mol. The van der Waals surface area contributed by atoms with E-state index in [4.69, 9.17) is 4.84 Å². The fraction of sp³-hybridized carbons (Fsp3) is 0.133. The van der Waals surface area contributed by atoms with Crippen molar-refractivity contribution in [3.8, 4) is 11.8 Å². The zero-order valence-electron chi connectivity index (χ0n) is 11.7. The number of benzene rings is 1. The number of hydrogen-bond donors (Lipinski definition) is 2. The highest BCUT2D eigenvalue weighted by Crippen LogP contribution is 2.10. The van der Waals surface area contributed by atoms with Gasteiger partial charge in [-0.2, -0.15) is 5.10 Å². The number of carbonyl (C=O) groups is 1. The Morgan fingerprint density at radius 1 is 1.38 bits per heavy atom. The molecule has 1 aromatic carbocycles. The van der Waals surface area contributed by atoms with E-state index in [1.807, 2.05) is 18.2 Å². The smallest absolute Gasteiger partial charge is 0.273 e. The molecule has 0 aliphatic heterocycles. The third-order valence-corrected chi connectivity index (χ3v) is 2.65. The number of oxime groups is 1. The first-order valence-electron chi connectivity index (χ1n) is 6.19. The van der Waals surface area contributed by atoms with Crippen LogP contribution >= 0.6 is 0 Å². The van der Waals surface area contributed by atoms with Crippen LogP contribution in [0.4, 0.5) is 0 Å². The molecule has 1 amide bonds. The van der Waals surface area contributed by atoms with Crippen LogP contribution in [0, 0.1) is 11.8 Å². The predicted octanol–water partition coefficient (Wildman–Crippen LogP) is 0.906. The Bertz CT molecular complexity index is 709. The molecule has 0 saturated heterocycles. The second kappa shape index (κ2) is 6.91. The molecule has 2 rings (SSSR count). The molecule has 106 valence electrons. The first-order valence-corrected chi connectivity index (χ1v) is 6.19. The van der Waals surface area contributed by atoms with Crippen molar-refractivity contribution >= 4 is 11.6 Å². The average Bonchev–Trinajstić information content (AvgIpc) is 3.04. The number of aromatic nitrogens is 2. The van der Waals surface area contributed by atoms with E-state index in [1.165, 1.54) is 14.2 Å². The summed E-state index contributed by atoms with van der Waals surface area (Å²) in [6.07, 6.45) is 3.32. The summed E-state index contributed by atoms with van der Waals surface area (Å²) in [5, 5.41) is 12.8. The summed E-state index contributed by atoms with van der Waals surface area (Å²) in [5.74, 6) is 5.63. The molecule has 6 nitrogen and oxygen atoms in total. The lowest BCUT2D eigenvalue weighted by atomic mass is 10.0. The maximum Gasteiger partial charge on any atom is 0.273 e. The van der Waals surface area contributed by atoms with Crippen molar-refractivity contribution in [2.75, 3.05) is 14.2 Å². The number of carbonyl (C=O) groups excluding carboxylic acids is 1. The minimum Gasteiger partial charge on any atom is -0.398 e. The molecule has 6 heteroatoms. The molecule has 0 spiro atoms. The zero-order chi connectivity index (χ0) is 15.1. The lowest BCUT2D eigenvalue weighted by molar-refractivity contribution is -0.114. The van der Waals surface area contributed by atoms with Crippen molar-refractivity contribution in [3.63, 3.8) is 0 Å². The highest BCUT2D eigenvalue weighted by Gasteiger charge is 2.16. The van der Waals surface area contributed by atoms with E-state index in [9.17, 15) is 4.79 Å². The van der Waals surface area contributed by atoms with E-state index >= 15 is 0 Å². The van der Waals surface area contributed by atoms with Gasteiger partial charge in [0.2, 0.25) is 0 Å². The van der Waals surface area contributed by atoms with Gasteiger partial charge in [0.15, 0.2) is 5.71 Å². The molecule has 0 aliphatic carbocycles. The lowest BCUT2D eigenvalue weighted by Gasteiger charge is -2.06. The van der Waals surface area contributed by atoms with Crippen molar-refractivity contribution in [2.45, 2.75) is 0 Å². The molecule has 0 radical (unpaired) electrons. The minimum absolute atomic E-state index is 0.178. The third kappa shape index (κ3) is 3.48. The van der Waals surface area contributed by atoms with Gasteiger partial charge in [-0.3, -0.25) is 9.89 Å². The van der Waals surface area contributed by atoms with Crippen molar-refractivity contribution < 1.29 is 9.63 Å². The number of H-pyrrole nitrogens is 1. The molecule has 0 saturated carbocycles. The van der Waals surface area contributed by atoms with Crippen molar-refractivity contribution in [2.24, 2.45) is 5.16 Å². The van der Waals surface area contributed by atoms with Gasteiger partial charge in [-0.1, -0.05) is 35.2 Å². The number of rotatable bonds is 3. The number of amides is 1. The Hall–Kier alpha value is -3.07. The van der Waals surface area contributed by atoms with Gasteiger partial charge in [0, 0.05) is 24.4 Å². The van der Waals surface area contributed by atoms with Gasteiger partial charge >= 0.3 is 0 Å². The molecule has 1 aromatic heterocycles. The van der Waals surface area contributed by atoms with E-state index in [0.29, 0.717) is 11.1 Å². The highest BCUT2D eigenvalue weighted by atomic mass is 16.6. The molecule has 2 aromatic rings. The van der Waals surface area contributed by atoms with Gasteiger partial charge in [-0.25, -0.2) is 0 Å². The second-order valence-corrected chi connectivity index (χ2v) is 3.98. The maximum atomic E-state index is 11.9. The van der Waals surface area contributed by atoms with Gasteiger partial charge in [0.1, 0.15) is 7.11 Å². The molecule has 1 heterocycles. The maximum absolute atomic E-state index is 11.9. The molecule has 0 unspecified atom stereocenters.